The van der Waals surface area contributed by atoms with Gasteiger partial charge in [-0.3, -0.25) is 14.2 Å². The van der Waals surface area contributed by atoms with Crippen molar-refractivity contribution in [2.45, 2.75) is 26.0 Å². The number of benzene rings is 1. The maximum Gasteiger partial charge on any atom is 0.306 e. The Morgan fingerprint density at radius 2 is 2.03 bits per heavy atom. The first-order valence-electron chi connectivity index (χ1n) is 9.71. The molecule has 0 aliphatic heterocycles. The molecule has 32 heavy (non-hydrogen) atoms. The first kappa shape index (κ1) is 21.5. The fourth-order valence-electron chi connectivity index (χ4n) is 3.07. The molecule has 0 radical (unpaired) electrons. The van der Waals surface area contributed by atoms with Crippen molar-refractivity contribution in [3.8, 4) is 23.0 Å². The molecule has 4 rings (SSSR count). The van der Waals surface area contributed by atoms with E-state index >= 15 is 0 Å². The van der Waals surface area contributed by atoms with E-state index in [1.807, 2.05) is 16.8 Å². The summed E-state index contributed by atoms with van der Waals surface area (Å²) in [5, 5.41) is 8.01. The lowest BCUT2D eigenvalue weighted by Gasteiger charge is -2.10. The molecule has 0 unspecified atom stereocenters. The summed E-state index contributed by atoms with van der Waals surface area (Å²) in [6.07, 6.45) is 1.99. The van der Waals surface area contributed by atoms with E-state index in [-0.39, 0.29) is 18.6 Å². The molecular formula is C21H20N4O6S. The molecule has 0 aliphatic carbocycles. The number of thiophene rings is 1. The van der Waals surface area contributed by atoms with Crippen molar-refractivity contribution < 1.29 is 23.5 Å². The van der Waals surface area contributed by atoms with E-state index in [0.29, 0.717) is 47.1 Å². The molecule has 0 aliphatic rings. The Labute approximate surface area is 186 Å². The minimum Gasteiger partial charge on any atom is -0.493 e. The van der Waals surface area contributed by atoms with Crippen LogP contribution in [0.5, 0.6) is 11.5 Å². The molecule has 0 atom stereocenters. The van der Waals surface area contributed by atoms with Crippen LogP contribution in [0.25, 0.3) is 22.4 Å². The average molecular weight is 456 g/mol. The lowest BCUT2D eigenvalue weighted by atomic mass is 10.2. The standard InChI is InChI=1S/C21H20N4O6S/c1-28-16-8-14-15(9-17(16)29-2)22-12-25(21(14)27)6-3-4-19(26)30-10-18-23-20(31-24-18)13-5-7-32-11-13/h5,7-9,11-12H,3-4,6,10H2,1-2H3. The molecule has 4 aromatic rings. The van der Waals surface area contributed by atoms with Gasteiger partial charge in [-0.2, -0.15) is 16.3 Å². The van der Waals surface area contributed by atoms with Crippen molar-refractivity contribution in [2.75, 3.05) is 14.2 Å². The van der Waals surface area contributed by atoms with Gasteiger partial charge in [0.05, 0.1) is 37.0 Å². The Balaban J connectivity index is 1.32. The van der Waals surface area contributed by atoms with E-state index in [0.717, 1.165) is 5.56 Å². The molecule has 10 nitrogen and oxygen atoms in total. The predicted octanol–water partition coefficient (Wildman–Crippen LogP) is 3.05. The number of carbonyl (C=O) groups excluding carboxylic acids is 1. The lowest BCUT2D eigenvalue weighted by Crippen LogP contribution is -2.21. The molecule has 0 bridgehead atoms. The Bertz CT molecular complexity index is 1280. The van der Waals surface area contributed by atoms with Gasteiger partial charge >= 0.3 is 5.97 Å². The Morgan fingerprint density at radius 3 is 2.78 bits per heavy atom. The third kappa shape index (κ3) is 4.62. The van der Waals surface area contributed by atoms with Crippen LogP contribution in [0.3, 0.4) is 0 Å². The number of aromatic nitrogens is 4. The Kier molecular flexibility index (Phi) is 6.45. The number of ether oxygens (including phenoxy) is 3. The van der Waals surface area contributed by atoms with Gasteiger partial charge < -0.3 is 18.7 Å². The van der Waals surface area contributed by atoms with Gasteiger partial charge in [0.15, 0.2) is 18.1 Å². The second-order valence-corrected chi connectivity index (χ2v) is 7.54. The second kappa shape index (κ2) is 9.60. The van der Waals surface area contributed by atoms with Crippen LogP contribution in [0.1, 0.15) is 18.7 Å². The number of aryl methyl sites for hydroxylation is 1. The molecule has 1 aromatic carbocycles. The van der Waals surface area contributed by atoms with Crippen LogP contribution < -0.4 is 15.0 Å². The first-order chi connectivity index (χ1) is 15.6. The van der Waals surface area contributed by atoms with Crippen LogP contribution in [-0.4, -0.2) is 39.9 Å². The fourth-order valence-corrected chi connectivity index (χ4v) is 3.70. The van der Waals surface area contributed by atoms with Crippen LogP contribution >= 0.6 is 11.3 Å². The van der Waals surface area contributed by atoms with Gasteiger partial charge in [0.1, 0.15) is 0 Å². The third-order valence-corrected chi connectivity index (χ3v) is 5.39. The number of rotatable bonds is 9. The quantitative estimate of drug-likeness (QED) is 0.350. The number of fused-ring (bicyclic) bond motifs is 1. The Morgan fingerprint density at radius 1 is 1.22 bits per heavy atom. The van der Waals surface area contributed by atoms with Crippen LogP contribution in [0.15, 0.2) is 44.6 Å². The normalized spacial score (nSPS) is 10.9. The zero-order valence-electron chi connectivity index (χ0n) is 17.4. The van der Waals surface area contributed by atoms with E-state index < -0.39 is 5.97 Å². The maximum absolute atomic E-state index is 12.8. The minimum absolute atomic E-state index is 0.0778. The Hall–Kier alpha value is -3.73. The van der Waals surface area contributed by atoms with Gasteiger partial charge in [0.2, 0.25) is 5.82 Å². The van der Waals surface area contributed by atoms with E-state index in [1.54, 1.807) is 12.1 Å². The highest BCUT2D eigenvalue weighted by Gasteiger charge is 2.13. The van der Waals surface area contributed by atoms with Gasteiger partial charge in [-0.25, -0.2) is 4.98 Å². The monoisotopic (exact) mass is 456 g/mol. The lowest BCUT2D eigenvalue weighted by molar-refractivity contribution is -0.145. The minimum atomic E-state index is -0.417. The number of methoxy groups -OCH3 is 2. The average Bonchev–Trinajstić information content (AvgIpc) is 3.50. The summed E-state index contributed by atoms with van der Waals surface area (Å²) in [6.45, 7) is 0.237. The highest BCUT2D eigenvalue weighted by Crippen LogP contribution is 2.29. The summed E-state index contributed by atoms with van der Waals surface area (Å²) < 4.78 is 22.3. The van der Waals surface area contributed by atoms with E-state index in [9.17, 15) is 9.59 Å². The summed E-state index contributed by atoms with van der Waals surface area (Å²) >= 11 is 1.52. The van der Waals surface area contributed by atoms with Crippen molar-refractivity contribution in [1.82, 2.24) is 19.7 Å². The largest absolute Gasteiger partial charge is 0.493 e. The fraction of sp³-hybridized carbons (Fsp3) is 0.286. The van der Waals surface area contributed by atoms with Gasteiger partial charge in [0, 0.05) is 24.4 Å². The zero-order valence-corrected chi connectivity index (χ0v) is 18.3. The van der Waals surface area contributed by atoms with E-state index in [1.165, 1.54) is 36.5 Å². The maximum atomic E-state index is 12.8. The summed E-state index contributed by atoms with van der Waals surface area (Å²) in [7, 11) is 3.02. The highest BCUT2D eigenvalue weighted by atomic mass is 32.1. The third-order valence-electron chi connectivity index (χ3n) is 4.71. The highest BCUT2D eigenvalue weighted by molar-refractivity contribution is 7.08. The molecule has 3 heterocycles. The van der Waals surface area contributed by atoms with Crippen LogP contribution in [0, 0.1) is 0 Å². The number of esters is 1. The SMILES string of the molecule is COc1cc2ncn(CCCC(=O)OCc3noc(-c4ccsc4)n3)c(=O)c2cc1OC. The number of hydrogen-bond donors (Lipinski definition) is 0. The molecule has 0 saturated carbocycles. The van der Waals surface area contributed by atoms with Gasteiger partial charge in [0.25, 0.3) is 11.4 Å². The molecule has 0 amide bonds. The summed E-state index contributed by atoms with van der Waals surface area (Å²) in [5.41, 5.74) is 1.10. The molecular weight excluding hydrogens is 436 g/mol. The van der Waals surface area contributed by atoms with Gasteiger partial charge in [-0.1, -0.05) is 5.16 Å². The summed E-state index contributed by atoms with van der Waals surface area (Å²) in [4.78, 5) is 33.3. The van der Waals surface area contributed by atoms with Crippen molar-refractivity contribution >= 4 is 28.2 Å². The van der Waals surface area contributed by atoms with Crippen molar-refractivity contribution in [3.63, 3.8) is 0 Å². The van der Waals surface area contributed by atoms with Crippen LogP contribution in [-0.2, 0) is 22.7 Å². The molecule has 166 valence electrons. The molecule has 0 N–H and O–H groups in total. The second-order valence-electron chi connectivity index (χ2n) is 6.76. The zero-order chi connectivity index (χ0) is 22.5. The van der Waals surface area contributed by atoms with Crippen LogP contribution in [0.4, 0.5) is 0 Å². The number of hydrogen-bond acceptors (Lipinski definition) is 10. The summed E-state index contributed by atoms with van der Waals surface area (Å²) in [5.74, 6) is 1.20. The predicted molar refractivity (Wildman–Crippen MR) is 116 cm³/mol. The van der Waals surface area contributed by atoms with Crippen molar-refractivity contribution in [1.29, 1.82) is 0 Å². The number of nitrogens with zero attached hydrogens (tertiary/aromatic N) is 4. The molecule has 0 spiro atoms. The first-order valence-corrected chi connectivity index (χ1v) is 10.6. The number of carbonyl (C=O) groups is 1. The van der Waals surface area contributed by atoms with Crippen molar-refractivity contribution in [3.05, 3.63) is 51.5 Å². The van der Waals surface area contributed by atoms with Crippen molar-refractivity contribution in [2.24, 2.45) is 0 Å². The topological polar surface area (TPSA) is 119 Å². The molecule has 3 aromatic heterocycles. The molecule has 11 heteroatoms. The summed E-state index contributed by atoms with van der Waals surface area (Å²) in [6, 6.07) is 5.12. The molecule has 0 fully saturated rings. The smallest absolute Gasteiger partial charge is 0.306 e. The van der Waals surface area contributed by atoms with Gasteiger partial charge in [-0.15, -0.1) is 0 Å². The molecule has 0 saturated heterocycles. The van der Waals surface area contributed by atoms with Gasteiger partial charge in [-0.05, 0) is 23.9 Å². The van der Waals surface area contributed by atoms with E-state index in [2.05, 4.69) is 15.1 Å². The van der Waals surface area contributed by atoms with Crippen LogP contribution in [0.2, 0.25) is 0 Å². The van der Waals surface area contributed by atoms with E-state index in [4.69, 9.17) is 18.7 Å².